The Morgan fingerprint density at radius 3 is 1.57 bits per heavy atom. The van der Waals surface area contributed by atoms with E-state index < -0.39 is 18.1 Å². The minimum absolute atomic E-state index is 0.0502. The van der Waals surface area contributed by atoms with Crippen LogP contribution in [0.25, 0.3) is 0 Å². The van der Waals surface area contributed by atoms with Crippen molar-refractivity contribution >= 4 is 17.9 Å². The number of quaternary nitrogens is 1. The Hall–Kier alpha value is -2.45. The van der Waals surface area contributed by atoms with Gasteiger partial charge in [0, 0.05) is 19.3 Å². The first-order valence-electron chi connectivity index (χ1n) is 21.5. The fraction of sp³-hybridized carbons (Fsp3) is 0.800. The second kappa shape index (κ2) is 36.5. The summed E-state index contributed by atoms with van der Waals surface area (Å²) >= 11 is 0. The van der Waals surface area contributed by atoms with E-state index in [1.807, 2.05) is 21.1 Å². The van der Waals surface area contributed by atoms with Crippen molar-refractivity contribution in [2.75, 3.05) is 41.0 Å². The third-order valence-electron chi connectivity index (χ3n) is 9.55. The summed E-state index contributed by atoms with van der Waals surface area (Å²) in [5.74, 6) is -1.47. The van der Waals surface area contributed by atoms with Gasteiger partial charge in [-0.15, -0.1) is 0 Å². The number of rotatable bonds is 38. The second-order valence-corrected chi connectivity index (χ2v) is 15.6. The van der Waals surface area contributed by atoms with Gasteiger partial charge in [-0.1, -0.05) is 153 Å². The number of aliphatic carboxylic acids is 1. The fourth-order valence-electron chi connectivity index (χ4n) is 6.22. The van der Waals surface area contributed by atoms with E-state index in [4.69, 9.17) is 14.2 Å². The smallest absolute Gasteiger partial charge is 0.362 e. The predicted octanol–water partition coefficient (Wildman–Crippen LogP) is 11.5. The van der Waals surface area contributed by atoms with E-state index in [1.54, 1.807) is 0 Å². The number of carbonyl (C=O) groups is 3. The molecule has 0 aliphatic rings. The fourth-order valence-corrected chi connectivity index (χ4v) is 6.22. The summed E-state index contributed by atoms with van der Waals surface area (Å²) in [4.78, 5) is 36.8. The Bertz CT molecular complexity index is 968. The first kappa shape index (κ1) is 50.5. The number of carboxylic acid groups (broad SMARTS) is 1. The van der Waals surface area contributed by atoms with Crippen LogP contribution in [0.4, 0.5) is 0 Å². The first-order valence-corrected chi connectivity index (χ1v) is 21.5. The van der Waals surface area contributed by atoms with Crippen molar-refractivity contribution in [3.8, 4) is 0 Å². The molecule has 0 aromatic rings. The lowest BCUT2D eigenvalue weighted by atomic mass is 10.0. The number of carbonyl (C=O) groups excluding carboxylic acids is 2. The number of hydrogen-bond acceptors (Lipinski definition) is 6. The van der Waals surface area contributed by atoms with Crippen LogP contribution < -0.4 is 0 Å². The quantitative estimate of drug-likeness (QED) is 0.0290. The Morgan fingerprint density at radius 1 is 0.585 bits per heavy atom. The van der Waals surface area contributed by atoms with Gasteiger partial charge >= 0.3 is 17.9 Å². The van der Waals surface area contributed by atoms with E-state index in [-0.39, 0.29) is 36.2 Å². The van der Waals surface area contributed by atoms with E-state index in [0.717, 1.165) is 57.8 Å². The normalized spacial score (nSPS) is 13.3. The topological polar surface area (TPSA) is 99.1 Å². The minimum Gasteiger partial charge on any atom is -0.477 e. The molecule has 0 saturated carbocycles. The van der Waals surface area contributed by atoms with Crippen molar-refractivity contribution in [3.05, 3.63) is 36.5 Å². The van der Waals surface area contributed by atoms with Crippen LogP contribution in [-0.4, -0.2) is 80.6 Å². The van der Waals surface area contributed by atoms with E-state index in [2.05, 4.69) is 50.3 Å². The molecule has 0 rings (SSSR count). The van der Waals surface area contributed by atoms with Gasteiger partial charge in [0.2, 0.25) is 0 Å². The number of nitrogens with zero attached hydrogens (tertiary/aromatic N) is 1. The molecule has 0 aromatic heterocycles. The van der Waals surface area contributed by atoms with Gasteiger partial charge in [-0.3, -0.25) is 9.59 Å². The zero-order valence-corrected chi connectivity index (χ0v) is 35.0. The molecule has 0 saturated heterocycles. The van der Waals surface area contributed by atoms with Crippen LogP contribution >= 0.6 is 0 Å². The zero-order chi connectivity index (χ0) is 39.3. The van der Waals surface area contributed by atoms with Gasteiger partial charge in [-0.25, -0.2) is 4.79 Å². The molecule has 0 spiro atoms. The predicted molar refractivity (Wildman–Crippen MR) is 220 cm³/mol. The average Bonchev–Trinajstić information content (AvgIpc) is 3.11. The van der Waals surface area contributed by atoms with Gasteiger partial charge in [0.15, 0.2) is 12.1 Å². The molecular weight excluding hydrogens is 666 g/mol. The molecule has 8 nitrogen and oxygen atoms in total. The molecule has 0 aromatic carbocycles. The first-order chi connectivity index (χ1) is 25.6. The summed E-state index contributed by atoms with van der Waals surface area (Å²) in [6, 6.07) is -0.611. The molecule has 308 valence electrons. The lowest BCUT2D eigenvalue weighted by Crippen LogP contribution is -2.50. The molecule has 0 bridgehead atoms. The van der Waals surface area contributed by atoms with Crippen molar-refractivity contribution in [2.45, 2.75) is 193 Å². The van der Waals surface area contributed by atoms with E-state index in [0.29, 0.717) is 19.3 Å². The Kier molecular flexibility index (Phi) is 34.8. The van der Waals surface area contributed by atoms with Crippen LogP contribution in [0.2, 0.25) is 0 Å². The van der Waals surface area contributed by atoms with Crippen molar-refractivity contribution in [2.24, 2.45) is 0 Å². The molecule has 0 aliphatic heterocycles. The Balaban J connectivity index is 4.18. The second-order valence-electron chi connectivity index (χ2n) is 15.6. The van der Waals surface area contributed by atoms with E-state index in [1.165, 1.54) is 89.9 Å². The van der Waals surface area contributed by atoms with Crippen LogP contribution in [0.5, 0.6) is 0 Å². The minimum atomic E-state index is -0.876. The molecule has 0 aliphatic carbocycles. The van der Waals surface area contributed by atoms with Crippen LogP contribution in [0.3, 0.4) is 0 Å². The molecule has 2 unspecified atom stereocenters. The Labute approximate surface area is 325 Å². The molecular formula is C45H82NO7+. The summed E-state index contributed by atoms with van der Waals surface area (Å²) in [6.07, 6.45) is 40.5. The van der Waals surface area contributed by atoms with Gasteiger partial charge in [0.25, 0.3) is 0 Å². The molecule has 2 atom stereocenters. The summed E-state index contributed by atoms with van der Waals surface area (Å²) in [5.41, 5.74) is 0. The number of allylic oxidation sites excluding steroid dienone is 6. The Morgan fingerprint density at radius 2 is 1.06 bits per heavy atom. The number of hydrogen-bond donors (Lipinski definition) is 1. The van der Waals surface area contributed by atoms with Gasteiger partial charge in [-0.2, -0.15) is 0 Å². The van der Waals surface area contributed by atoms with Crippen molar-refractivity contribution in [1.29, 1.82) is 0 Å². The highest BCUT2D eigenvalue weighted by atomic mass is 16.6. The van der Waals surface area contributed by atoms with Crippen molar-refractivity contribution in [3.63, 3.8) is 0 Å². The molecule has 0 heterocycles. The maximum atomic E-state index is 12.6. The summed E-state index contributed by atoms with van der Waals surface area (Å²) in [5, 5.41) is 9.59. The number of ether oxygens (including phenoxy) is 3. The number of likely N-dealkylation sites (N-methyl/N-ethyl adjacent to an activating group) is 1. The standard InChI is InChI=1S/C45H81NO7/c1-6-8-10-12-14-16-17-18-19-20-21-22-23-24-25-26-27-28-30-31-33-35-43(47)52-40-41(39-51-38-37-42(45(49)50)46(3,4)5)53-44(48)36-34-32-29-15-13-11-9-7-2/h8,10,14,16,18-19,41-42H,6-7,9,11-13,15,17,20-40H2,1-5H3/p+1/b10-8+,16-14+,19-18+. The molecule has 53 heavy (non-hydrogen) atoms. The zero-order valence-electron chi connectivity index (χ0n) is 35.0. The highest BCUT2D eigenvalue weighted by molar-refractivity contribution is 5.72. The highest BCUT2D eigenvalue weighted by Crippen LogP contribution is 2.15. The molecule has 0 radical (unpaired) electrons. The highest BCUT2D eigenvalue weighted by Gasteiger charge is 2.31. The van der Waals surface area contributed by atoms with Crippen LogP contribution in [0, 0.1) is 0 Å². The van der Waals surface area contributed by atoms with Gasteiger partial charge < -0.3 is 23.8 Å². The molecule has 8 heteroatoms. The lowest BCUT2D eigenvalue weighted by Gasteiger charge is -2.31. The van der Waals surface area contributed by atoms with E-state index in [9.17, 15) is 19.5 Å². The van der Waals surface area contributed by atoms with E-state index >= 15 is 0 Å². The SMILES string of the molecule is CC/C=C/C/C=C/C/C=C/CCCCCCCCCCCCCC(=O)OCC(COCCC(C(=O)O)[N+](C)(C)C)OC(=O)CCCCCCCCCC. The van der Waals surface area contributed by atoms with Crippen LogP contribution in [0.15, 0.2) is 36.5 Å². The van der Waals surface area contributed by atoms with Crippen molar-refractivity contribution < 1.29 is 38.2 Å². The van der Waals surface area contributed by atoms with Crippen LogP contribution in [0.1, 0.15) is 181 Å². The van der Waals surface area contributed by atoms with Crippen LogP contribution in [-0.2, 0) is 28.6 Å². The van der Waals surface area contributed by atoms with Gasteiger partial charge in [0.05, 0.1) is 34.4 Å². The summed E-state index contributed by atoms with van der Waals surface area (Å²) in [6.45, 7) is 4.60. The molecule has 0 amide bonds. The largest absolute Gasteiger partial charge is 0.477 e. The van der Waals surface area contributed by atoms with Crippen molar-refractivity contribution in [1.82, 2.24) is 0 Å². The third kappa shape index (κ3) is 35.0. The lowest BCUT2D eigenvalue weighted by molar-refractivity contribution is -0.887. The maximum Gasteiger partial charge on any atom is 0.362 e. The van der Waals surface area contributed by atoms with Gasteiger partial charge in [0.1, 0.15) is 6.61 Å². The molecule has 0 fully saturated rings. The number of unbranched alkanes of at least 4 members (excludes halogenated alkanes) is 18. The average molecular weight is 749 g/mol. The maximum absolute atomic E-state index is 12.6. The third-order valence-corrected chi connectivity index (χ3v) is 9.55. The number of esters is 2. The summed E-state index contributed by atoms with van der Waals surface area (Å²) in [7, 11) is 5.52. The number of carboxylic acids is 1. The monoisotopic (exact) mass is 749 g/mol. The summed E-state index contributed by atoms with van der Waals surface area (Å²) < 4.78 is 17.2. The molecule has 1 N–H and O–H groups in total. The van der Waals surface area contributed by atoms with Gasteiger partial charge in [-0.05, 0) is 44.9 Å².